The summed E-state index contributed by atoms with van der Waals surface area (Å²) < 4.78 is 153. The second kappa shape index (κ2) is 11.6. The lowest BCUT2D eigenvalue weighted by Gasteiger charge is -2.17. The van der Waals surface area contributed by atoms with E-state index in [-0.39, 0.29) is 16.8 Å². The smallest absolute Gasteiger partial charge is 0.406 e. The minimum Gasteiger partial charge on any atom is -0.406 e. The predicted molar refractivity (Wildman–Crippen MR) is 140 cm³/mol. The summed E-state index contributed by atoms with van der Waals surface area (Å²) in [6.45, 7) is 0. The van der Waals surface area contributed by atoms with E-state index in [1.165, 1.54) is 24.3 Å². The van der Waals surface area contributed by atoms with E-state index in [1.54, 1.807) is 0 Å². The molecule has 0 saturated heterocycles. The molecule has 0 fully saturated rings. The van der Waals surface area contributed by atoms with E-state index in [0.29, 0.717) is 0 Å². The van der Waals surface area contributed by atoms with Gasteiger partial charge in [-0.1, -0.05) is 24.3 Å². The van der Waals surface area contributed by atoms with Crippen LogP contribution in [0, 0.1) is 5.82 Å². The average Bonchev–Trinajstić information content (AvgIpc) is 2.88. The van der Waals surface area contributed by atoms with Crippen LogP contribution in [0.2, 0.25) is 0 Å². The fraction of sp³-hybridized carbons (Fsp3) is 0.0769. The molecule has 17 heteroatoms. The van der Waals surface area contributed by atoms with Crippen molar-refractivity contribution in [3.63, 3.8) is 0 Å². The number of anilines is 2. The van der Waals surface area contributed by atoms with Crippen molar-refractivity contribution >= 4 is 31.4 Å². The van der Waals surface area contributed by atoms with Gasteiger partial charge in [-0.25, -0.2) is 21.2 Å². The summed E-state index contributed by atoms with van der Waals surface area (Å²) in [5, 5.41) is 0. The van der Waals surface area contributed by atoms with Gasteiger partial charge in [-0.15, -0.1) is 26.3 Å². The molecule has 43 heavy (non-hydrogen) atoms. The fourth-order valence-electron chi connectivity index (χ4n) is 3.63. The van der Waals surface area contributed by atoms with Crippen molar-refractivity contribution in [3.8, 4) is 22.6 Å². The van der Waals surface area contributed by atoms with Gasteiger partial charge in [0, 0.05) is 5.56 Å². The number of nitrogens with one attached hydrogen (secondary N) is 2. The Morgan fingerprint density at radius 3 is 1.44 bits per heavy atom. The Kier molecular flexibility index (Phi) is 8.51. The summed E-state index contributed by atoms with van der Waals surface area (Å²) in [7, 11) is -9.13. The van der Waals surface area contributed by atoms with Gasteiger partial charge in [0.05, 0.1) is 21.2 Å². The molecule has 4 aromatic rings. The normalized spacial score (nSPS) is 12.4. The van der Waals surface area contributed by atoms with Crippen molar-refractivity contribution in [1.29, 1.82) is 0 Å². The topological polar surface area (TPSA) is 111 Å². The van der Waals surface area contributed by atoms with Gasteiger partial charge in [0.25, 0.3) is 20.0 Å². The Balaban J connectivity index is 1.70. The number of halogens is 7. The van der Waals surface area contributed by atoms with E-state index in [4.69, 9.17) is 0 Å². The third kappa shape index (κ3) is 8.29. The van der Waals surface area contributed by atoms with Gasteiger partial charge in [-0.05, 0) is 72.3 Å². The molecule has 0 atom stereocenters. The van der Waals surface area contributed by atoms with Gasteiger partial charge >= 0.3 is 12.7 Å². The molecule has 0 heterocycles. The minimum atomic E-state index is -5.02. The zero-order chi connectivity index (χ0) is 31.6. The van der Waals surface area contributed by atoms with Crippen molar-refractivity contribution in [1.82, 2.24) is 0 Å². The van der Waals surface area contributed by atoms with Crippen LogP contribution in [-0.4, -0.2) is 29.6 Å². The van der Waals surface area contributed by atoms with Crippen LogP contribution in [0.5, 0.6) is 11.5 Å². The highest BCUT2D eigenvalue weighted by Gasteiger charge is 2.32. The molecule has 0 aliphatic carbocycles. The summed E-state index contributed by atoms with van der Waals surface area (Å²) in [5.41, 5.74) is -0.666. The monoisotopic (exact) mass is 650 g/mol. The Hall–Kier alpha value is -4.51. The Morgan fingerprint density at radius 1 is 0.558 bits per heavy atom. The highest BCUT2D eigenvalue weighted by atomic mass is 32.2. The maximum Gasteiger partial charge on any atom is 0.573 e. The second-order valence-corrected chi connectivity index (χ2v) is 11.9. The Morgan fingerprint density at radius 2 is 1.00 bits per heavy atom. The van der Waals surface area contributed by atoms with Crippen LogP contribution in [0.4, 0.5) is 42.1 Å². The molecule has 0 bridgehead atoms. The third-order valence-corrected chi connectivity index (χ3v) is 8.19. The summed E-state index contributed by atoms with van der Waals surface area (Å²) in [5.74, 6) is -2.08. The van der Waals surface area contributed by atoms with Crippen molar-refractivity contribution in [2.24, 2.45) is 0 Å². The average molecular weight is 651 g/mol. The summed E-state index contributed by atoms with van der Waals surface area (Å²) >= 11 is 0. The number of ether oxygens (including phenoxy) is 2. The first-order valence-electron chi connectivity index (χ1n) is 11.6. The molecule has 0 radical (unpaired) electrons. The van der Waals surface area contributed by atoms with Crippen LogP contribution in [0.3, 0.4) is 0 Å². The lowest BCUT2D eigenvalue weighted by molar-refractivity contribution is -0.275. The van der Waals surface area contributed by atoms with Crippen LogP contribution in [-0.2, 0) is 20.0 Å². The van der Waals surface area contributed by atoms with E-state index in [0.717, 1.165) is 66.7 Å². The SMILES string of the molecule is O=S(=O)(Nc1ccc(-c2ccccc2F)cc1NS(=O)(=O)c1ccc(OC(F)(F)F)cc1)c1ccc(OC(F)(F)F)cc1. The number of hydrogen-bond acceptors (Lipinski definition) is 6. The van der Waals surface area contributed by atoms with Gasteiger partial charge in [0.1, 0.15) is 17.3 Å². The standard InChI is InChI=1S/C26H17F7N2O6S2/c27-22-4-2-1-3-21(22)16-5-14-23(34-42(36,37)19-10-6-17(7-11-19)40-25(28,29)30)24(15-16)35-43(38,39)20-12-8-18(9-13-20)41-26(31,32)33/h1-15,34-35H. The van der Waals surface area contributed by atoms with Gasteiger partial charge in [0.2, 0.25) is 0 Å². The van der Waals surface area contributed by atoms with Crippen molar-refractivity contribution in [2.75, 3.05) is 9.44 Å². The maximum atomic E-state index is 14.5. The highest BCUT2D eigenvalue weighted by Crippen LogP contribution is 2.34. The molecule has 4 rings (SSSR count). The van der Waals surface area contributed by atoms with Gasteiger partial charge < -0.3 is 9.47 Å². The van der Waals surface area contributed by atoms with Crippen LogP contribution in [0.1, 0.15) is 0 Å². The maximum absolute atomic E-state index is 14.5. The summed E-state index contributed by atoms with van der Waals surface area (Å²) in [6, 6.07) is 15.1. The minimum absolute atomic E-state index is 0.0197. The van der Waals surface area contributed by atoms with E-state index >= 15 is 0 Å². The Bertz CT molecular complexity index is 1830. The first-order chi connectivity index (χ1) is 19.9. The van der Waals surface area contributed by atoms with Crippen molar-refractivity contribution < 1.29 is 57.0 Å². The third-order valence-electron chi connectivity index (χ3n) is 5.43. The zero-order valence-corrected chi connectivity index (χ0v) is 22.7. The van der Waals surface area contributed by atoms with Crippen LogP contribution < -0.4 is 18.9 Å². The van der Waals surface area contributed by atoms with E-state index in [1.807, 2.05) is 0 Å². The highest BCUT2D eigenvalue weighted by molar-refractivity contribution is 7.93. The molecule has 0 unspecified atom stereocenters. The molecule has 4 aromatic carbocycles. The van der Waals surface area contributed by atoms with Crippen molar-refractivity contribution in [3.05, 3.63) is 96.8 Å². The van der Waals surface area contributed by atoms with Crippen LogP contribution in [0.15, 0.2) is 101 Å². The molecular formula is C26H17F7N2O6S2. The fourth-order valence-corrected chi connectivity index (χ4v) is 5.78. The number of sulfonamides is 2. The van der Waals surface area contributed by atoms with E-state index in [2.05, 4.69) is 18.9 Å². The molecule has 8 nitrogen and oxygen atoms in total. The first kappa shape index (κ1) is 31.4. The summed E-state index contributed by atoms with van der Waals surface area (Å²) in [4.78, 5) is -1.05. The number of rotatable bonds is 9. The number of alkyl halides is 6. The lowest BCUT2D eigenvalue weighted by Crippen LogP contribution is -2.19. The van der Waals surface area contributed by atoms with E-state index < -0.39 is 65.6 Å². The molecular weight excluding hydrogens is 633 g/mol. The largest absolute Gasteiger partial charge is 0.573 e. The first-order valence-corrected chi connectivity index (χ1v) is 14.5. The molecule has 2 N–H and O–H groups in total. The second-order valence-electron chi connectivity index (χ2n) is 8.49. The molecule has 228 valence electrons. The molecule has 0 aliphatic rings. The van der Waals surface area contributed by atoms with Gasteiger partial charge in [-0.3, -0.25) is 9.44 Å². The summed E-state index contributed by atoms with van der Waals surface area (Å²) in [6.07, 6.45) is -10.0. The van der Waals surface area contributed by atoms with E-state index in [9.17, 15) is 47.6 Å². The lowest BCUT2D eigenvalue weighted by atomic mass is 10.0. The molecule has 0 amide bonds. The zero-order valence-electron chi connectivity index (χ0n) is 21.1. The van der Waals surface area contributed by atoms with Gasteiger partial charge in [-0.2, -0.15) is 0 Å². The quantitative estimate of drug-likeness (QED) is 0.191. The molecule has 0 saturated carbocycles. The van der Waals surface area contributed by atoms with Gasteiger partial charge in [0.15, 0.2) is 0 Å². The molecule has 0 aliphatic heterocycles. The van der Waals surface area contributed by atoms with Crippen LogP contribution >= 0.6 is 0 Å². The number of benzene rings is 4. The van der Waals surface area contributed by atoms with Crippen LogP contribution in [0.25, 0.3) is 11.1 Å². The number of hydrogen-bond donors (Lipinski definition) is 2. The predicted octanol–water partition coefficient (Wildman–Crippen LogP) is 6.89. The molecule has 0 aromatic heterocycles. The Labute approximate surface area is 239 Å². The molecule has 0 spiro atoms. The van der Waals surface area contributed by atoms with Crippen molar-refractivity contribution in [2.45, 2.75) is 22.5 Å².